The Bertz CT molecular complexity index is 226. The molecule has 0 aliphatic heterocycles. The molecule has 0 aliphatic rings. The van der Waals surface area contributed by atoms with Crippen LogP contribution in [0.5, 0.6) is 0 Å². The molecule has 0 bridgehead atoms. The van der Waals surface area contributed by atoms with Gasteiger partial charge in [0.25, 0.3) is 0 Å². The molecule has 82 valence electrons. The van der Waals surface area contributed by atoms with Crippen LogP contribution in [0.25, 0.3) is 0 Å². The normalized spacial score (nSPS) is 13.4. The second kappa shape index (κ2) is 4.95. The lowest BCUT2D eigenvalue weighted by molar-refractivity contribution is -0.131. The minimum atomic E-state index is -1.04. The van der Waals surface area contributed by atoms with Crippen LogP contribution in [0.15, 0.2) is 0 Å². The minimum Gasteiger partial charge on any atom is -0.368 e. The third kappa shape index (κ3) is 3.74. The zero-order valence-corrected chi connectivity index (χ0v) is 8.96. The van der Waals surface area contributed by atoms with E-state index < -0.39 is 17.5 Å². The van der Waals surface area contributed by atoms with Gasteiger partial charge in [-0.25, -0.2) is 0 Å². The summed E-state index contributed by atoms with van der Waals surface area (Å²) in [5, 5.41) is 2.50. The Balaban J connectivity index is 4.24. The Labute approximate surface area is 84.2 Å². The Morgan fingerprint density at radius 3 is 2.29 bits per heavy atom. The molecule has 5 heteroatoms. The van der Waals surface area contributed by atoms with E-state index in [0.717, 1.165) is 6.42 Å². The first-order chi connectivity index (χ1) is 6.31. The number of rotatable bonds is 5. The summed E-state index contributed by atoms with van der Waals surface area (Å²) >= 11 is 0. The van der Waals surface area contributed by atoms with E-state index in [9.17, 15) is 9.59 Å². The van der Waals surface area contributed by atoms with Crippen molar-refractivity contribution in [1.29, 1.82) is 0 Å². The molecule has 1 atom stereocenters. The summed E-state index contributed by atoms with van der Waals surface area (Å²) in [6, 6.07) is -0.571. The van der Waals surface area contributed by atoms with Gasteiger partial charge >= 0.3 is 0 Å². The average Bonchev–Trinajstić information content (AvgIpc) is 2.03. The standard InChI is InChI=1S/C9H19N3O2/c1-4-5-6(10)7(13)12-9(2,3)8(11)14/h6H,4-5,10H2,1-3H3,(H2,11,14)(H,12,13)/t6-/m0/s1. The van der Waals surface area contributed by atoms with Crippen molar-refractivity contribution in [2.75, 3.05) is 0 Å². The van der Waals surface area contributed by atoms with Gasteiger partial charge in [0.05, 0.1) is 6.04 Å². The van der Waals surface area contributed by atoms with E-state index in [4.69, 9.17) is 11.5 Å². The van der Waals surface area contributed by atoms with Crippen LogP contribution >= 0.6 is 0 Å². The molecule has 0 saturated carbocycles. The van der Waals surface area contributed by atoms with Crippen LogP contribution < -0.4 is 16.8 Å². The number of carbonyl (C=O) groups excluding carboxylic acids is 2. The first kappa shape index (κ1) is 12.9. The Kier molecular flexibility index (Phi) is 4.56. The van der Waals surface area contributed by atoms with E-state index in [1.54, 1.807) is 13.8 Å². The van der Waals surface area contributed by atoms with Crippen LogP contribution in [0, 0.1) is 0 Å². The number of nitrogens with one attached hydrogen (secondary N) is 1. The van der Waals surface area contributed by atoms with E-state index in [2.05, 4.69) is 5.32 Å². The quantitative estimate of drug-likeness (QED) is 0.559. The van der Waals surface area contributed by atoms with Gasteiger partial charge in [0, 0.05) is 0 Å². The lowest BCUT2D eigenvalue weighted by Crippen LogP contribution is -2.56. The number of hydrogen-bond acceptors (Lipinski definition) is 3. The summed E-state index contributed by atoms with van der Waals surface area (Å²) in [7, 11) is 0. The molecule has 5 nitrogen and oxygen atoms in total. The maximum atomic E-state index is 11.4. The van der Waals surface area contributed by atoms with Crippen LogP contribution in [0.2, 0.25) is 0 Å². The molecule has 0 aromatic rings. The lowest BCUT2D eigenvalue weighted by Gasteiger charge is -2.24. The maximum Gasteiger partial charge on any atom is 0.242 e. The summed E-state index contributed by atoms with van der Waals surface area (Å²) in [4.78, 5) is 22.3. The molecule has 5 N–H and O–H groups in total. The van der Waals surface area contributed by atoms with Crippen molar-refractivity contribution in [3.63, 3.8) is 0 Å². The van der Waals surface area contributed by atoms with Crippen molar-refractivity contribution in [2.45, 2.75) is 45.2 Å². The molecule has 0 spiro atoms. The van der Waals surface area contributed by atoms with E-state index in [1.807, 2.05) is 6.92 Å². The molecular formula is C9H19N3O2. The van der Waals surface area contributed by atoms with Crippen molar-refractivity contribution >= 4 is 11.8 Å². The number of hydrogen-bond donors (Lipinski definition) is 3. The summed E-state index contributed by atoms with van der Waals surface area (Å²) in [6.07, 6.45) is 1.42. The first-order valence-corrected chi connectivity index (χ1v) is 4.68. The predicted molar refractivity (Wildman–Crippen MR) is 54.3 cm³/mol. The number of amides is 2. The van der Waals surface area contributed by atoms with E-state index in [-0.39, 0.29) is 5.91 Å². The molecule has 0 fully saturated rings. The van der Waals surface area contributed by atoms with Crippen LogP contribution in [-0.2, 0) is 9.59 Å². The smallest absolute Gasteiger partial charge is 0.242 e. The Hall–Kier alpha value is -1.10. The third-order valence-corrected chi connectivity index (χ3v) is 1.99. The first-order valence-electron chi connectivity index (χ1n) is 4.68. The van der Waals surface area contributed by atoms with Gasteiger partial charge in [-0.15, -0.1) is 0 Å². The summed E-state index contributed by atoms with van der Waals surface area (Å²) in [5.74, 6) is -0.912. The van der Waals surface area contributed by atoms with Crippen molar-refractivity contribution in [3.05, 3.63) is 0 Å². The molecule has 0 unspecified atom stereocenters. The van der Waals surface area contributed by atoms with Gasteiger partial charge in [-0.1, -0.05) is 13.3 Å². The highest BCUT2D eigenvalue weighted by Gasteiger charge is 2.28. The lowest BCUT2D eigenvalue weighted by atomic mass is 10.0. The van der Waals surface area contributed by atoms with Gasteiger partial charge in [0.1, 0.15) is 5.54 Å². The molecule has 0 radical (unpaired) electrons. The number of carbonyl (C=O) groups is 2. The molecule has 0 aromatic carbocycles. The van der Waals surface area contributed by atoms with Crippen LogP contribution in [0.3, 0.4) is 0 Å². The van der Waals surface area contributed by atoms with Gasteiger partial charge < -0.3 is 16.8 Å². The van der Waals surface area contributed by atoms with Crippen molar-refractivity contribution < 1.29 is 9.59 Å². The van der Waals surface area contributed by atoms with Crippen LogP contribution in [-0.4, -0.2) is 23.4 Å². The number of primary amides is 1. The Morgan fingerprint density at radius 1 is 1.43 bits per heavy atom. The van der Waals surface area contributed by atoms with Crippen molar-refractivity contribution in [3.8, 4) is 0 Å². The fraction of sp³-hybridized carbons (Fsp3) is 0.778. The van der Waals surface area contributed by atoms with Crippen molar-refractivity contribution in [1.82, 2.24) is 5.32 Å². The van der Waals surface area contributed by atoms with Crippen LogP contribution in [0.1, 0.15) is 33.6 Å². The SMILES string of the molecule is CCC[C@H](N)C(=O)NC(C)(C)C(N)=O. The Morgan fingerprint density at radius 2 is 1.93 bits per heavy atom. The van der Waals surface area contributed by atoms with Gasteiger partial charge in [-0.05, 0) is 20.3 Å². The zero-order chi connectivity index (χ0) is 11.4. The van der Waals surface area contributed by atoms with E-state index in [1.165, 1.54) is 0 Å². The summed E-state index contributed by atoms with van der Waals surface area (Å²) < 4.78 is 0. The molecule has 0 rings (SSSR count). The van der Waals surface area contributed by atoms with Crippen molar-refractivity contribution in [2.24, 2.45) is 11.5 Å². The molecule has 0 heterocycles. The van der Waals surface area contributed by atoms with Gasteiger partial charge in [-0.3, -0.25) is 9.59 Å². The molecule has 0 aromatic heterocycles. The van der Waals surface area contributed by atoms with Gasteiger partial charge in [0.2, 0.25) is 11.8 Å². The summed E-state index contributed by atoms with van der Waals surface area (Å²) in [6.45, 7) is 5.03. The van der Waals surface area contributed by atoms with Gasteiger partial charge in [0.15, 0.2) is 0 Å². The monoisotopic (exact) mass is 201 g/mol. The second-order valence-electron chi connectivity index (χ2n) is 3.87. The zero-order valence-electron chi connectivity index (χ0n) is 8.96. The molecule has 14 heavy (non-hydrogen) atoms. The molecule has 0 aliphatic carbocycles. The fourth-order valence-electron chi connectivity index (χ4n) is 0.904. The largest absolute Gasteiger partial charge is 0.368 e. The fourth-order valence-corrected chi connectivity index (χ4v) is 0.904. The molecular weight excluding hydrogens is 182 g/mol. The molecule has 0 saturated heterocycles. The average molecular weight is 201 g/mol. The minimum absolute atomic E-state index is 0.337. The van der Waals surface area contributed by atoms with Crippen LogP contribution in [0.4, 0.5) is 0 Å². The van der Waals surface area contributed by atoms with E-state index >= 15 is 0 Å². The van der Waals surface area contributed by atoms with Gasteiger partial charge in [-0.2, -0.15) is 0 Å². The number of nitrogens with two attached hydrogens (primary N) is 2. The second-order valence-corrected chi connectivity index (χ2v) is 3.87. The highest BCUT2D eigenvalue weighted by atomic mass is 16.2. The predicted octanol–water partition coefficient (Wildman–Crippen LogP) is -0.506. The van der Waals surface area contributed by atoms with E-state index in [0.29, 0.717) is 6.42 Å². The molecule has 2 amide bonds. The third-order valence-electron chi connectivity index (χ3n) is 1.99. The maximum absolute atomic E-state index is 11.4. The summed E-state index contributed by atoms with van der Waals surface area (Å²) in [5.41, 5.74) is 9.63. The topological polar surface area (TPSA) is 98.2 Å². The highest BCUT2D eigenvalue weighted by Crippen LogP contribution is 2.02. The highest BCUT2D eigenvalue weighted by molar-refractivity contribution is 5.91.